The number of hydrogen-bond donors (Lipinski definition) is 0. The highest BCUT2D eigenvalue weighted by Crippen LogP contribution is 2.19. The molecule has 0 fully saturated rings. The smallest absolute Gasteiger partial charge is 0.262 e. The second-order valence-electron chi connectivity index (χ2n) is 3.97. The van der Waals surface area contributed by atoms with Gasteiger partial charge in [0.05, 0.1) is 11.9 Å². The predicted molar refractivity (Wildman–Crippen MR) is 83.7 cm³/mol. The molecule has 0 spiro atoms. The molecule has 0 atom stereocenters. The molecule has 0 aliphatic carbocycles. The molecule has 0 bridgehead atoms. The monoisotopic (exact) mass is 306 g/mol. The van der Waals surface area contributed by atoms with Gasteiger partial charge in [0.2, 0.25) is 0 Å². The largest absolute Gasteiger partial charge is 0.271 e. The third-order valence-corrected chi connectivity index (χ3v) is 3.02. The fraction of sp³-hybridized carbons (Fsp3) is 0.0667. The van der Waals surface area contributed by atoms with E-state index in [0.29, 0.717) is 10.7 Å². The zero-order valence-corrected chi connectivity index (χ0v) is 12.1. The van der Waals surface area contributed by atoms with E-state index in [9.17, 15) is 4.79 Å². The van der Waals surface area contributed by atoms with Gasteiger partial charge in [-0.05, 0) is 29.8 Å². The molecule has 3 nitrogen and oxygen atoms in total. The summed E-state index contributed by atoms with van der Waals surface area (Å²) in [4.78, 5) is 11.9. The number of carbonyl (C=O) groups is 1. The summed E-state index contributed by atoms with van der Waals surface area (Å²) in [6.45, 7) is 0. The summed E-state index contributed by atoms with van der Waals surface area (Å²) < 4.78 is 0. The van der Waals surface area contributed by atoms with Crippen molar-refractivity contribution in [3.8, 4) is 0 Å². The molecule has 0 saturated heterocycles. The molecule has 2 aromatic rings. The molecule has 0 unspecified atom stereocenters. The molecule has 0 radical (unpaired) electrons. The van der Waals surface area contributed by atoms with Crippen LogP contribution in [0.15, 0.2) is 59.7 Å². The highest BCUT2D eigenvalue weighted by atomic mass is 35.5. The normalized spacial score (nSPS) is 10.7. The van der Waals surface area contributed by atoms with E-state index >= 15 is 0 Å². The van der Waals surface area contributed by atoms with Crippen molar-refractivity contribution < 1.29 is 4.79 Å². The summed E-state index contributed by atoms with van der Waals surface area (Å²) in [5.41, 5.74) is 1.51. The number of halogens is 2. The van der Waals surface area contributed by atoms with Gasteiger partial charge in [-0.15, -0.1) is 11.6 Å². The first-order valence-corrected chi connectivity index (χ1v) is 6.85. The van der Waals surface area contributed by atoms with Crippen molar-refractivity contribution in [2.45, 2.75) is 0 Å². The minimum atomic E-state index is -0.304. The van der Waals surface area contributed by atoms with Crippen molar-refractivity contribution in [3.05, 3.63) is 65.2 Å². The van der Waals surface area contributed by atoms with E-state index in [1.54, 1.807) is 30.5 Å². The molecule has 0 aliphatic rings. The highest BCUT2D eigenvalue weighted by Gasteiger charge is 2.13. The number of alkyl halides is 1. The van der Waals surface area contributed by atoms with Crippen molar-refractivity contribution in [1.82, 2.24) is 0 Å². The van der Waals surface area contributed by atoms with Crippen molar-refractivity contribution in [2.75, 3.05) is 10.9 Å². The molecule has 102 valence electrons. The van der Waals surface area contributed by atoms with Gasteiger partial charge in [-0.2, -0.15) is 10.1 Å². The molecule has 1 amide bonds. The standard InChI is InChI=1S/C15H12Cl2N2O/c16-10-15(20)19(14-8-6-13(17)7-9-14)18-11-12-4-2-1-3-5-12/h1-9,11H,10H2/b18-11+. The third kappa shape index (κ3) is 3.83. The van der Waals surface area contributed by atoms with Gasteiger partial charge in [-0.1, -0.05) is 41.9 Å². The number of anilines is 1. The van der Waals surface area contributed by atoms with Gasteiger partial charge < -0.3 is 0 Å². The summed E-state index contributed by atoms with van der Waals surface area (Å²) in [7, 11) is 0. The Labute approximate surface area is 127 Å². The van der Waals surface area contributed by atoms with E-state index in [2.05, 4.69) is 5.10 Å². The maximum absolute atomic E-state index is 11.9. The Bertz CT molecular complexity index is 597. The number of benzene rings is 2. The number of nitrogens with zero attached hydrogens (tertiary/aromatic N) is 2. The predicted octanol–water partition coefficient (Wildman–Crippen LogP) is 3.95. The van der Waals surface area contributed by atoms with Gasteiger partial charge in [0.15, 0.2) is 0 Å². The summed E-state index contributed by atoms with van der Waals surface area (Å²) in [5, 5.41) is 6.05. The lowest BCUT2D eigenvalue weighted by Gasteiger charge is -2.15. The molecule has 0 aliphatic heterocycles. The summed E-state index contributed by atoms with van der Waals surface area (Å²) in [6, 6.07) is 16.3. The van der Waals surface area contributed by atoms with E-state index in [1.165, 1.54) is 5.01 Å². The number of hydrazone groups is 1. The summed E-state index contributed by atoms with van der Waals surface area (Å²) in [6.07, 6.45) is 1.61. The van der Waals surface area contributed by atoms with Crippen molar-refractivity contribution in [2.24, 2.45) is 5.10 Å². The van der Waals surface area contributed by atoms with Crippen LogP contribution in [-0.2, 0) is 4.79 Å². The molecule has 0 aromatic heterocycles. The maximum Gasteiger partial charge on any atom is 0.262 e. The second kappa shape index (κ2) is 7.08. The number of hydrogen-bond acceptors (Lipinski definition) is 2. The van der Waals surface area contributed by atoms with Crippen LogP contribution in [0, 0.1) is 0 Å². The lowest BCUT2D eigenvalue weighted by molar-refractivity contribution is -0.116. The molecule has 0 heterocycles. The molecular weight excluding hydrogens is 295 g/mol. The Hall–Kier alpha value is -1.84. The summed E-state index contributed by atoms with van der Waals surface area (Å²) in [5.74, 6) is -0.449. The molecule has 0 N–H and O–H groups in total. The topological polar surface area (TPSA) is 32.7 Å². The average molecular weight is 307 g/mol. The minimum Gasteiger partial charge on any atom is -0.271 e. The first-order chi connectivity index (χ1) is 9.70. The van der Waals surface area contributed by atoms with Crippen LogP contribution in [0.25, 0.3) is 0 Å². The van der Waals surface area contributed by atoms with Gasteiger partial charge in [0, 0.05) is 5.02 Å². The van der Waals surface area contributed by atoms with Crippen molar-refractivity contribution in [3.63, 3.8) is 0 Å². The molecule has 5 heteroatoms. The van der Waals surface area contributed by atoms with Gasteiger partial charge in [0.1, 0.15) is 5.88 Å². The lowest BCUT2D eigenvalue weighted by Crippen LogP contribution is -2.26. The third-order valence-electron chi connectivity index (χ3n) is 2.54. The van der Waals surface area contributed by atoms with Crippen LogP contribution in [0.2, 0.25) is 5.02 Å². The van der Waals surface area contributed by atoms with E-state index < -0.39 is 0 Å². The van der Waals surface area contributed by atoms with Crippen LogP contribution in [0.1, 0.15) is 5.56 Å². The van der Waals surface area contributed by atoms with Gasteiger partial charge in [0.25, 0.3) is 5.91 Å². The van der Waals surface area contributed by atoms with Crippen molar-refractivity contribution >= 4 is 41.0 Å². The molecular formula is C15H12Cl2N2O. The van der Waals surface area contributed by atoms with Crippen LogP contribution in [0.5, 0.6) is 0 Å². The lowest BCUT2D eigenvalue weighted by atomic mass is 10.2. The number of amides is 1. The Kier molecular flexibility index (Phi) is 5.16. The Morgan fingerprint density at radius 3 is 2.35 bits per heavy atom. The zero-order chi connectivity index (χ0) is 14.4. The summed E-state index contributed by atoms with van der Waals surface area (Å²) >= 11 is 11.5. The zero-order valence-electron chi connectivity index (χ0n) is 10.5. The molecule has 2 aromatic carbocycles. The van der Waals surface area contributed by atoms with Gasteiger partial charge in [-0.3, -0.25) is 4.79 Å². The van der Waals surface area contributed by atoms with Crippen LogP contribution in [0.4, 0.5) is 5.69 Å². The fourth-order valence-electron chi connectivity index (χ4n) is 1.58. The Morgan fingerprint density at radius 2 is 1.75 bits per heavy atom. The van der Waals surface area contributed by atoms with Crippen LogP contribution in [0.3, 0.4) is 0 Å². The molecule has 20 heavy (non-hydrogen) atoms. The molecule has 2 rings (SSSR count). The quantitative estimate of drug-likeness (QED) is 0.478. The first kappa shape index (κ1) is 14.6. The van der Waals surface area contributed by atoms with E-state index in [4.69, 9.17) is 23.2 Å². The SMILES string of the molecule is O=C(CCl)N(/N=C/c1ccccc1)c1ccc(Cl)cc1. The second-order valence-corrected chi connectivity index (χ2v) is 4.67. The van der Waals surface area contributed by atoms with Gasteiger partial charge in [-0.25, -0.2) is 0 Å². The van der Waals surface area contributed by atoms with Crippen LogP contribution in [-0.4, -0.2) is 18.0 Å². The van der Waals surface area contributed by atoms with Gasteiger partial charge >= 0.3 is 0 Å². The van der Waals surface area contributed by atoms with E-state index in [0.717, 1.165) is 5.56 Å². The average Bonchev–Trinajstić information content (AvgIpc) is 2.50. The Morgan fingerprint density at radius 1 is 1.10 bits per heavy atom. The maximum atomic E-state index is 11.9. The van der Waals surface area contributed by atoms with Crippen molar-refractivity contribution in [1.29, 1.82) is 0 Å². The molecule has 0 saturated carbocycles. The Balaban J connectivity index is 2.27. The minimum absolute atomic E-state index is 0.144. The van der Waals surface area contributed by atoms with Crippen LogP contribution < -0.4 is 5.01 Å². The first-order valence-electron chi connectivity index (χ1n) is 5.94. The number of rotatable bonds is 4. The van der Waals surface area contributed by atoms with E-state index in [1.807, 2.05) is 30.3 Å². The highest BCUT2D eigenvalue weighted by molar-refractivity contribution is 6.31. The fourth-order valence-corrected chi connectivity index (χ4v) is 1.82. The van der Waals surface area contributed by atoms with E-state index in [-0.39, 0.29) is 11.8 Å². The number of carbonyl (C=O) groups excluding carboxylic acids is 1. The van der Waals surface area contributed by atoms with Crippen LogP contribution >= 0.6 is 23.2 Å².